The molecule has 1 aliphatic rings. The Bertz CT molecular complexity index is 365. The maximum atomic E-state index is 5.94. The van der Waals surface area contributed by atoms with E-state index in [4.69, 9.17) is 10.5 Å². The summed E-state index contributed by atoms with van der Waals surface area (Å²) in [5, 5.41) is 3.32. The van der Waals surface area contributed by atoms with E-state index in [2.05, 4.69) is 10.3 Å². The van der Waals surface area contributed by atoms with Gasteiger partial charge in [0.25, 0.3) is 0 Å². The van der Waals surface area contributed by atoms with Crippen LogP contribution in [-0.4, -0.2) is 24.7 Å². The second-order valence-electron chi connectivity index (χ2n) is 4.50. The van der Waals surface area contributed by atoms with E-state index in [9.17, 15) is 0 Å². The van der Waals surface area contributed by atoms with Crippen LogP contribution in [0.2, 0.25) is 0 Å². The van der Waals surface area contributed by atoms with Gasteiger partial charge in [-0.15, -0.1) is 0 Å². The van der Waals surface area contributed by atoms with Gasteiger partial charge in [0.1, 0.15) is 5.82 Å². The Kier molecular flexibility index (Phi) is 3.97. The van der Waals surface area contributed by atoms with Crippen LogP contribution in [0.3, 0.4) is 0 Å². The van der Waals surface area contributed by atoms with Crippen molar-refractivity contribution >= 4 is 5.82 Å². The van der Waals surface area contributed by atoms with E-state index in [1.165, 1.54) is 12.8 Å². The Hall–Kier alpha value is -1.13. The molecule has 0 spiro atoms. The molecule has 0 aromatic carbocycles. The van der Waals surface area contributed by atoms with Crippen LogP contribution >= 0.6 is 0 Å². The highest BCUT2D eigenvalue weighted by molar-refractivity contribution is 5.41. The number of aromatic nitrogens is 1. The van der Waals surface area contributed by atoms with Crippen molar-refractivity contribution in [2.45, 2.75) is 31.9 Å². The van der Waals surface area contributed by atoms with Gasteiger partial charge in [-0.1, -0.05) is 6.07 Å². The molecule has 1 heterocycles. The first kappa shape index (κ1) is 12.3. The van der Waals surface area contributed by atoms with E-state index < -0.39 is 0 Å². The number of hydrogen-bond acceptors (Lipinski definition) is 4. The van der Waals surface area contributed by atoms with Gasteiger partial charge in [-0.05, 0) is 38.8 Å². The minimum Gasteiger partial charge on any atom is -0.383 e. The number of nitrogens with two attached hydrogens (primary N) is 1. The van der Waals surface area contributed by atoms with Gasteiger partial charge in [0.2, 0.25) is 0 Å². The first-order chi connectivity index (χ1) is 8.27. The Morgan fingerprint density at radius 2 is 2.35 bits per heavy atom. The van der Waals surface area contributed by atoms with Gasteiger partial charge in [0, 0.05) is 18.4 Å². The van der Waals surface area contributed by atoms with E-state index in [1.54, 1.807) is 6.20 Å². The molecule has 1 aromatic heterocycles. The zero-order chi connectivity index (χ0) is 12.3. The maximum Gasteiger partial charge on any atom is 0.128 e. The fourth-order valence-corrected chi connectivity index (χ4v) is 2.31. The zero-order valence-electron chi connectivity index (χ0n) is 10.5. The molecule has 2 atom stereocenters. The Morgan fingerprint density at radius 1 is 1.59 bits per heavy atom. The van der Waals surface area contributed by atoms with Crippen molar-refractivity contribution in [1.29, 1.82) is 0 Å². The van der Waals surface area contributed by atoms with Crippen molar-refractivity contribution in [3.8, 4) is 0 Å². The normalized spacial score (nSPS) is 18.9. The number of ether oxygens (including phenoxy) is 1. The molecule has 17 heavy (non-hydrogen) atoms. The van der Waals surface area contributed by atoms with Crippen molar-refractivity contribution in [3.63, 3.8) is 0 Å². The summed E-state index contributed by atoms with van der Waals surface area (Å²) >= 11 is 0. The minimum absolute atomic E-state index is 0.135. The molecule has 1 aromatic rings. The molecular formula is C13H21N3O. The average molecular weight is 235 g/mol. The molecule has 0 aliphatic heterocycles. The van der Waals surface area contributed by atoms with Crippen molar-refractivity contribution < 1.29 is 4.74 Å². The van der Waals surface area contributed by atoms with Gasteiger partial charge in [-0.2, -0.15) is 0 Å². The predicted molar refractivity (Wildman–Crippen MR) is 68.6 cm³/mol. The van der Waals surface area contributed by atoms with Crippen LogP contribution in [0, 0.1) is 5.92 Å². The SMILES string of the molecule is CCOC(C1CC1)C(NC)c1cccnc1N. The molecule has 1 aliphatic carbocycles. The molecule has 0 amide bonds. The third-order valence-corrected chi connectivity index (χ3v) is 3.29. The number of likely N-dealkylation sites (N-methyl/N-ethyl adjacent to an activating group) is 1. The second kappa shape index (κ2) is 5.47. The number of hydrogen-bond donors (Lipinski definition) is 2. The summed E-state index contributed by atoms with van der Waals surface area (Å²) in [4.78, 5) is 4.15. The predicted octanol–water partition coefficient (Wildman–Crippen LogP) is 1.74. The topological polar surface area (TPSA) is 60.2 Å². The van der Waals surface area contributed by atoms with Gasteiger partial charge >= 0.3 is 0 Å². The van der Waals surface area contributed by atoms with Crippen LogP contribution in [0.4, 0.5) is 5.82 Å². The summed E-state index contributed by atoms with van der Waals surface area (Å²) in [5.41, 5.74) is 6.99. The van der Waals surface area contributed by atoms with Crippen LogP contribution < -0.4 is 11.1 Å². The summed E-state index contributed by atoms with van der Waals surface area (Å²) in [7, 11) is 1.95. The fourth-order valence-electron chi connectivity index (χ4n) is 2.31. The third kappa shape index (κ3) is 2.76. The molecule has 2 unspecified atom stereocenters. The van der Waals surface area contributed by atoms with E-state index in [0.717, 1.165) is 12.2 Å². The number of pyridine rings is 1. The Labute approximate surface area is 103 Å². The lowest BCUT2D eigenvalue weighted by Crippen LogP contribution is -2.34. The van der Waals surface area contributed by atoms with Gasteiger partial charge < -0.3 is 15.8 Å². The van der Waals surface area contributed by atoms with E-state index in [0.29, 0.717) is 11.7 Å². The maximum absolute atomic E-state index is 5.94. The monoisotopic (exact) mass is 235 g/mol. The van der Waals surface area contributed by atoms with Crippen LogP contribution in [-0.2, 0) is 4.74 Å². The van der Waals surface area contributed by atoms with E-state index in [-0.39, 0.29) is 12.1 Å². The van der Waals surface area contributed by atoms with Gasteiger partial charge in [-0.25, -0.2) is 4.98 Å². The first-order valence-corrected chi connectivity index (χ1v) is 6.27. The quantitative estimate of drug-likeness (QED) is 0.788. The highest BCUT2D eigenvalue weighted by Gasteiger charge is 2.38. The third-order valence-electron chi connectivity index (χ3n) is 3.29. The summed E-state index contributed by atoms with van der Waals surface area (Å²) in [6.07, 6.45) is 4.43. The van der Waals surface area contributed by atoms with Gasteiger partial charge in [-0.3, -0.25) is 0 Å². The first-order valence-electron chi connectivity index (χ1n) is 6.27. The lowest BCUT2D eigenvalue weighted by molar-refractivity contribution is 0.0206. The van der Waals surface area contributed by atoms with Crippen LogP contribution in [0.15, 0.2) is 18.3 Å². The second-order valence-corrected chi connectivity index (χ2v) is 4.50. The Morgan fingerprint density at radius 3 is 2.88 bits per heavy atom. The number of nitrogens with one attached hydrogen (secondary N) is 1. The standard InChI is InChI=1S/C13H21N3O/c1-3-17-12(9-6-7-9)11(15-2)10-5-4-8-16-13(10)14/h4-5,8-9,11-12,15H,3,6-7H2,1-2H3,(H2,14,16). The molecule has 4 heteroatoms. The molecular weight excluding hydrogens is 214 g/mol. The lowest BCUT2D eigenvalue weighted by Gasteiger charge is -2.27. The molecule has 0 bridgehead atoms. The molecule has 1 fully saturated rings. The van der Waals surface area contributed by atoms with Crippen LogP contribution in [0.25, 0.3) is 0 Å². The number of nitrogen functional groups attached to an aromatic ring is 1. The molecule has 2 rings (SSSR count). The average Bonchev–Trinajstić information content (AvgIpc) is 3.15. The van der Waals surface area contributed by atoms with E-state index >= 15 is 0 Å². The number of anilines is 1. The zero-order valence-corrected chi connectivity index (χ0v) is 10.5. The van der Waals surface area contributed by atoms with Crippen LogP contribution in [0.5, 0.6) is 0 Å². The summed E-state index contributed by atoms with van der Waals surface area (Å²) < 4.78 is 5.88. The Balaban J connectivity index is 2.21. The molecule has 3 N–H and O–H groups in total. The number of rotatable bonds is 6. The molecule has 0 saturated heterocycles. The molecule has 94 valence electrons. The lowest BCUT2D eigenvalue weighted by atomic mass is 9.98. The highest BCUT2D eigenvalue weighted by Crippen LogP contribution is 2.40. The van der Waals surface area contributed by atoms with Crippen molar-refractivity contribution in [2.24, 2.45) is 5.92 Å². The van der Waals surface area contributed by atoms with Crippen molar-refractivity contribution in [3.05, 3.63) is 23.9 Å². The minimum atomic E-state index is 0.135. The largest absolute Gasteiger partial charge is 0.383 e. The summed E-state index contributed by atoms with van der Waals surface area (Å²) in [5.74, 6) is 1.25. The van der Waals surface area contributed by atoms with Gasteiger partial charge in [0.05, 0.1) is 12.1 Å². The molecule has 0 radical (unpaired) electrons. The summed E-state index contributed by atoms with van der Waals surface area (Å²) in [6.45, 7) is 2.77. The number of nitrogens with zero attached hydrogens (tertiary/aromatic N) is 1. The van der Waals surface area contributed by atoms with Crippen molar-refractivity contribution in [2.75, 3.05) is 19.4 Å². The van der Waals surface area contributed by atoms with Gasteiger partial charge in [0.15, 0.2) is 0 Å². The van der Waals surface area contributed by atoms with Crippen LogP contribution in [0.1, 0.15) is 31.4 Å². The molecule has 1 saturated carbocycles. The van der Waals surface area contributed by atoms with Crippen molar-refractivity contribution in [1.82, 2.24) is 10.3 Å². The molecule has 4 nitrogen and oxygen atoms in total. The smallest absolute Gasteiger partial charge is 0.128 e. The highest BCUT2D eigenvalue weighted by atomic mass is 16.5. The fraction of sp³-hybridized carbons (Fsp3) is 0.615. The van der Waals surface area contributed by atoms with E-state index in [1.807, 2.05) is 26.1 Å². The summed E-state index contributed by atoms with van der Waals surface area (Å²) in [6, 6.07) is 4.08.